The Morgan fingerprint density at radius 1 is 0.350 bits per heavy atom. The second-order valence-electron chi connectivity index (χ2n) is 22.8. The van der Waals surface area contributed by atoms with E-state index in [0.29, 0.717) is 127 Å². The molecule has 0 saturated carbocycles. The van der Waals surface area contributed by atoms with Gasteiger partial charge in [0.05, 0.1) is 26.4 Å². The van der Waals surface area contributed by atoms with Crippen molar-refractivity contribution in [3.05, 3.63) is 0 Å². The first-order valence-corrected chi connectivity index (χ1v) is 40.2. The minimum absolute atomic E-state index is 0.143. The molecule has 4 amide bonds. The summed E-state index contributed by atoms with van der Waals surface area (Å²) >= 11 is 0. The van der Waals surface area contributed by atoms with E-state index < -0.39 is 58.6 Å². The molecule has 28 heteroatoms. The van der Waals surface area contributed by atoms with Crippen LogP contribution in [0, 0.1) is 0 Å². The van der Waals surface area contributed by atoms with Gasteiger partial charge in [-0.15, -0.1) is 0 Å². The van der Waals surface area contributed by atoms with Gasteiger partial charge < -0.3 is 75.6 Å². The molecule has 5 heterocycles. The second kappa shape index (κ2) is 36.3. The fraction of sp³-hybridized carbons (Fsp3) is 0.923. The number of hydrogen-bond donors (Lipinski definition) is 4. The van der Waals surface area contributed by atoms with Crippen LogP contribution in [0.25, 0.3) is 0 Å². The molecule has 5 saturated heterocycles. The van der Waals surface area contributed by atoms with E-state index in [1.54, 1.807) is 0 Å². The molecule has 0 aliphatic carbocycles. The van der Waals surface area contributed by atoms with Crippen molar-refractivity contribution in [1.82, 2.24) is 40.9 Å². The number of hydrogen-bond acceptors (Lipinski definition) is 20. The Hall–Kier alpha value is -2.53. The van der Waals surface area contributed by atoms with Crippen molar-refractivity contribution < 1.29 is 73.5 Å². The third-order valence-electron chi connectivity index (χ3n) is 15.0. The smallest absolute Gasteiger partial charge is 0.407 e. The standard InChI is InChI=1S/C52H104N8O16Si4/c1-45(57-21-22-57)13-17-53-49(61)69-37-33-65-29-9-41-77(5)73-78(6,42-10-30-66-34-38-70-50(62)54-18-14-46(2)58-23-24-58)75-80(8,44-12-32-68-36-40-72-52(64)56-20-16-48(4)60-27-28-60)76-79(7,74-77)43-11-31-67-35-39-71-51(63)55-19-15-47(3)59-25-26-59/h45-48H,9-44H2,1-8H3,(H,53,61)(H,54,62)(H,55,63)(H,56,64). The molecule has 0 radical (unpaired) electrons. The summed E-state index contributed by atoms with van der Waals surface area (Å²) in [7, 11) is -12.2. The number of amides is 4. The Kier molecular flexibility index (Phi) is 31.0. The van der Waals surface area contributed by atoms with E-state index in [4.69, 9.17) is 54.4 Å². The molecule has 0 spiro atoms. The maximum atomic E-state index is 12.3. The molecule has 0 aromatic heterocycles. The largest absolute Gasteiger partial charge is 0.447 e. The molecule has 4 N–H and O–H groups in total. The number of nitrogens with one attached hydrogen (secondary N) is 4. The normalized spacial score (nSPS) is 25.5. The first kappa shape index (κ1) is 68.3. The van der Waals surface area contributed by atoms with Crippen LogP contribution in [0.2, 0.25) is 50.4 Å². The van der Waals surface area contributed by atoms with Gasteiger partial charge in [0.1, 0.15) is 26.4 Å². The van der Waals surface area contributed by atoms with Crippen molar-refractivity contribution in [2.75, 3.05) is 158 Å². The third kappa shape index (κ3) is 30.3. The van der Waals surface area contributed by atoms with E-state index in [-0.39, 0.29) is 52.9 Å². The summed E-state index contributed by atoms with van der Waals surface area (Å²) in [5, 5.41) is 11.3. The SMILES string of the molecule is CC(CCNC(=O)OCCOCCC[Si]1(C)O[Si](C)(CCCOCCOC(=O)NCCC(C)N2CC2)O[Si](C)(CCCOCCOC(=O)NCCC(C)N2CC2)O[Si](C)(CCCOCCOC(=O)NCCC(C)N2CC2)O1)N1CC1. The summed E-state index contributed by atoms with van der Waals surface area (Å²) in [5.74, 6) is 0. The van der Waals surface area contributed by atoms with Gasteiger partial charge in [-0.25, -0.2) is 19.2 Å². The van der Waals surface area contributed by atoms with Crippen molar-refractivity contribution in [1.29, 1.82) is 0 Å². The average molecular weight is 1210 g/mol. The molecule has 5 rings (SSSR count). The first-order chi connectivity index (χ1) is 38.4. The van der Waals surface area contributed by atoms with Crippen LogP contribution in [0.15, 0.2) is 0 Å². The molecule has 80 heavy (non-hydrogen) atoms. The highest BCUT2D eigenvalue weighted by Crippen LogP contribution is 2.39. The van der Waals surface area contributed by atoms with E-state index in [1.165, 1.54) is 0 Å². The number of carbonyl (C=O) groups is 4. The van der Waals surface area contributed by atoms with Gasteiger partial charge in [-0.3, -0.25) is 19.6 Å². The molecule has 5 aliphatic rings. The molecular weight excluding hydrogens is 1100 g/mol. The van der Waals surface area contributed by atoms with E-state index in [0.717, 1.165) is 78.0 Å². The van der Waals surface area contributed by atoms with Gasteiger partial charge >= 0.3 is 58.6 Å². The molecule has 464 valence electrons. The number of nitrogens with zero attached hydrogens (tertiary/aromatic N) is 4. The summed E-state index contributed by atoms with van der Waals surface area (Å²) < 4.78 is 74.9. The molecule has 5 aliphatic heterocycles. The molecule has 24 nitrogen and oxygen atoms in total. The summed E-state index contributed by atoms with van der Waals surface area (Å²) in [6, 6.07) is 4.24. The lowest BCUT2D eigenvalue weighted by molar-refractivity contribution is 0.0713. The van der Waals surface area contributed by atoms with Crippen LogP contribution in [-0.2, 0) is 54.4 Å². The lowest BCUT2D eigenvalue weighted by Gasteiger charge is -2.50. The minimum atomic E-state index is -3.05. The Morgan fingerprint density at radius 3 is 0.738 bits per heavy atom. The molecule has 4 atom stereocenters. The van der Waals surface area contributed by atoms with Crippen LogP contribution < -0.4 is 21.3 Å². The van der Waals surface area contributed by atoms with E-state index in [2.05, 4.69) is 94.7 Å². The number of ether oxygens (including phenoxy) is 8. The second-order valence-corrected chi connectivity index (χ2v) is 37.1. The van der Waals surface area contributed by atoms with E-state index in [9.17, 15) is 19.2 Å². The highest BCUT2D eigenvalue weighted by Gasteiger charge is 2.56. The molecule has 0 aromatic carbocycles. The zero-order chi connectivity index (χ0) is 57.7. The first-order valence-electron chi connectivity index (χ1n) is 30.1. The van der Waals surface area contributed by atoms with Crippen LogP contribution in [-0.4, -0.2) is 260 Å². The fourth-order valence-electron chi connectivity index (χ4n) is 9.94. The predicted molar refractivity (Wildman–Crippen MR) is 312 cm³/mol. The van der Waals surface area contributed by atoms with Gasteiger partial charge in [0.2, 0.25) is 0 Å². The van der Waals surface area contributed by atoms with Gasteiger partial charge in [-0.1, -0.05) is 0 Å². The maximum Gasteiger partial charge on any atom is 0.407 e. The monoisotopic (exact) mass is 1210 g/mol. The highest BCUT2D eigenvalue weighted by atomic mass is 28.5. The zero-order valence-electron chi connectivity index (χ0n) is 50.1. The summed E-state index contributed by atoms with van der Waals surface area (Å²) in [6.07, 6.45) is 4.32. The quantitative estimate of drug-likeness (QED) is 0.0263. The highest BCUT2D eigenvalue weighted by molar-refractivity contribution is 6.93. The van der Waals surface area contributed by atoms with E-state index >= 15 is 0 Å². The molecule has 5 fully saturated rings. The Bertz CT molecular complexity index is 1540. The van der Waals surface area contributed by atoms with Crippen molar-refractivity contribution in [3.63, 3.8) is 0 Å². The van der Waals surface area contributed by atoms with Crippen LogP contribution in [0.4, 0.5) is 19.2 Å². The lowest BCUT2D eigenvalue weighted by Crippen LogP contribution is -2.67. The van der Waals surface area contributed by atoms with Gasteiger partial charge in [-0.2, -0.15) is 0 Å². The topological polar surface area (TPSA) is 239 Å². The predicted octanol–water partition coefficient (Wildman–Crippen LogP) is 5.26. The Balaban J connectivity index is 1.13. The Morgan fingerprint density at radius 2 is 0.550 bits per heavy atom. The lowest BCUT2D eigenvalue weighted by atomic mass is 10.2. The van der Waals surface area contributed by atoms with Gasteiger partial charge in [0, 0.05) is 129 Å². The molecule has 0 aromatic rings. The van der Waals surface area contributed by atoms with Crippen LogP contribution >= 0.6 is 0 Å². The average Bonchev–Trinajstić information content (AvgIpc) is 4.18. The van der Waals surface area contributed by atoms with Crippen molar-refractivity contribution in [3.8, 4) is 0 Å². The van der Waals surface area contributed by atoms with Crippen LogP contribution in [0.3, 0.4) is 0 Å². The molecule has 0 bridgehead atoms. The maximum absolute atomic E-state index is 12.3. The van der Waals surface area contributed by atoms with Gasteiger partial charge in [-0.05, 0) is 129 Å². The minimum Gasteiger partial charge on any atom is -0.447 e. The molecular formula is C52H104N8O16Si4. The van der Waals surface area contributed by atoms with Gasteiger partial charge in [0.25, 0.3) is 0 Å². The van der Waals surface area contributed by atoms with Crippen molar-refractivity contribution >= 4 is 58.6 Å². The molecule has 4 unspecified atom stereocenters. The van der Waals surface area contributed by atoms with Crippen LogP contribution in [0.1, 0.15) is 79.1 Å². The Labute approximate surface area is 482 Å². The summed E-state index contributed by atoms with van der Waals surface area (Å²) in [4.78, 5) is 58.6. The summed E-state index contributed by atoms with van der Waals surface area (Å²) in [6.45, 7) is 31.6. The van der Waals surface area contributed by atoms with Crippen molar-refractivity contribution in [2.24, 2.45) is 0 Å². The number of carbonyl (C=O) groups excluding carboxylic acids is 4. The number of alkyl carbamates (subject to hydrolysis) is 4. The van der Waals surface area contributed by atoms with Gasteiger partial charge in [0.15, 0.2) is 0 Å². The zero-order valence-corrected chi connectivity index (χ0v) is 54.1. The number of rotatable bonds is 44. The fourth-order valence-corrected chi connectivity index (χ4v) is 33.1. The van der Waals surface area contributed by atoms with E-state index in [1.807, 2.05) is 0 Å². The van der Waals surface area contributed by atoms with Crippen molar-refractivity contribution in [2.45, 2.75) is 154 Å². The third-order valence-corrected chi connectivity index (χ3v) is 33.9. The summed E-state index contributed by atoms with van der Waals surface area (Å²) in [5.41, 5.74) is 0. The van der Waals surface area contributed by atoms with Crippen LogP contribution in [0.5, 0.6) is 0 Å².